The quantitative estimate of drug-likeness (QED) is 0.480. The number of aromatic nitrogens is 2. The van der Waals surface area contributed by atoms with Crippen LogP contribution in [0, 0.1) is 0 Å². The lowest BCUT2D eigenvalue weighted by atomic mass is 10.1. The Labute approximate surface area is 191 Å². The van der Waals surface area contributed by atoms with Crippen LogP contribution in [0.5, 0.6) is 0 Å². The standard InChI is InChI=1S/C22H26N4O5S/c1-13(2)18(25-21(28)29-3)20(27)26-12-22(30-8-9-31-22)10-17(26)19-23-11-16(24-19)14-4-6-15(32)7-5-14/h4-7,11,17,32H,8-10,12H2,1-3H3,(H,23,24)(H,25,28)/t17-/m0/s1. The highest BCUT2D eigenvalue weighted by Crippen LogP contribution is 2.42. The maximum Gasteiger partial charge on any atom is 0.411 e. The largest absolute Gasteiger partial charge is 0.453 e. The maximum atomic E-state index is 13.5. The second kappa shape index (κ2) is 8.97. The Bertz CT molecular complexity index is 1040. The summed E-state index contributed by atoms with van der Waals surface area (Å²) in [7, 11) is 1.25. The number of benzene rings is 1. The van der Waals surface area contributed by atoms with Crippen LogP contribution in [0.4, 0.5) is 4.79 Å². The first-order valence-electron chi connectivity index (χ1n) is 10.3. The smallest absolute Gasteiger partial charge is 0.411 e. The van der Waals surface area contributed by atoms with Gasteiger partial charge in [-0.2, -0.15) is 0 Å². The lowest BCUT2D eigenvalue weighted by Gasteiger charge is -2.25. The van der Waals surface area contributed by atoms with Gasteiger partial charge in [0.1, 0.15) is 11.5 Å². The Morgan fingerprint density at radius 3 is 2.56 bits per heavy atom. The fourth-order valence-electron chi connectivity index (χ4n) is 3.99. The molecular formula is C22H26N4O5S. The zero-order valence-corrected chi connectivity index (χ0v) is 19.1. The molecule has 0 radical (unpaired) electrons. The molecule has 3 heterocycles. The lowest BCUT2D eigenvalue weighted by Crippen LogP contribution is -2.41. The Balaban J connectivity index is 1.66. The van der Waals surface area contributed by atoms with Gasteiger partial charge in [-0.3, -0.25) is 10.1 Å². The molecule has 1 atom stereocenters. The van der Waals surface area contributed by atoms with E-state index in [0.29, 0.717) is 31.0 Å². The molecule has 1 aromatic carbocycles. The number of nitrogens with one attached hydrogen (secondary N) is 2. The summed E-state index contributed by atoms with van der Waals surface area (Å²) in [5.74, 6) is -0.627. The number of nitrogens with zero attached hydrogens (tertiary/aromatic N) is 2. The second-order valence-electron chi connectivity index (χ2n) is 7.98. The Kier molecular flexibility index (Phi) is 6.27. The van der Waals surface area contributed by atoms with E-state index in [4.69, 9.17) is 9.47 Å². The molecule has 2 aromatic rings. The highest BCUT2D eigenvalue weighted by molar-refractivity contribution is 7.80. The fraction of sp³-hybridized carbons (Fsp3) is 0.409. The number of carbonyl (C=O) groups excluding carboxylic acids is 2. The summed E-state index contributed by atoms with van der Waals surface area (Å²) in [6, 6.07) is 7.28. The van der Waals surface area contributed by atoms with Crippen molar-refractivity contribution in [3.8, 4) is 11.3 Å². The summed E-state index contributed by atoms with van der Waals surface area (Å²) < 4.78 is 16.5. The van der Waals surface area contributed by atoms with Crippen LogP contribution in [0.2, 0.25) is 0 Å². The number of amides is 2. The first kappa shape index (κ1) is 22.4. The molecule has 0 aliphatic carbocycles. The monoisotopic (exact) mass is 458 g/mol. The van der Waals surface area contributed by atoms with Crippen LogP contribution in [-0.4, -0.2) is 59.5 Å². The van der Waals surface area contributed by atoms with E-state index < -0.39 is 17.9 Å². The van der Waals surface area contributed by atoms with E-state index in [2.05, 4.69) is 32.7 Å². The van der Waals surface area contributed by atoms with E-state index in [1.54, 1.807) is 24.9 Å². The van der Waals surface area contributed by atoms with Crippen LogP contribution in [0.3, 0.4) is 0 Å². The minimum absolute atomic E-state index is 0.160. The number of allylic oxidation sites excluding steroid dienone is 1. The number of aromatic amines is 1. The van der Waals surface area contributed by atoms with E-state index in [1.807, 2.05) is 24.3 Å². The van der Waals surface area contributed by atoms with Crippen molar-refractivity contribution in [2.45, 2.75) is 37.0 Å². The molecule has 0 unspecified atom stereocenters. The molecule has 9 nitrogen and oxygen atoms in total. The molecule has 0 bridgehead atoms. The average Bonchev–Trinajstić information content (AvgIpc) is 3.52. The summed E-state index contributed by atoms with van der Waals surface area (Å²) in [5, 5.41) is 2.54. The molecular weight excluding hydrogens is 432 g/mol. The number of alkyl carbamates (subject to hydrolysis) is 1. The molecule has 0 saturated carbocycles. The molecule has 2 amide bonds. The number of likely N-dealkylation sites (tertiary alicyclic amines) is 1. The number of hydrogen-bond donors (Lipinski definition) is 3. The topological polar surface area (TPSA) is 106 Å². The highest BCUT2D eigenvalue weighted by atomic mass is 32.1. The van der Waals surface area contributed by atoms with Gasteiger partial charge in [0, 0.05) is 11.3 Å². The van der Waals surface area contributed by atoms with Gasteiger partial charge in [0.15, 0.2) is 5.79 Å². The number of imidazole rings is 1. The number of rotatable bonds is 4. The number of carbonyl (C=O) groups is 2. The molecule has 1 spiro atoms. The van der Waals surface area contributed by atoms with Crippen LogP contribution in [0.25, 0.3) is 11.3 Å². The SMILES string of the molecule is COC(=O)NC(C(=O)N1CC2(C[C@H]1c1ncc(-c3ccc(S)cc3)[nH]1)OCCO2)=C(C)C. The summed E-state index contributed by atoms with van der Waals surface area (Å²) in [6.07, 6.45) is 1.46. The molecule has 2 aliphatic heterocycles. The molecule has 4 rings (SSSR count). The summed E-state index contributed by atoms with van der Waals surface area (Å²) >= 11 is 4.33. The maximum absolute atomic E-state index is 13.5. The van der Waals surface area contributed by atoms with Crippen LogP contribution in [-0.2, 0) is 19.0 Å². The highest BCUT2D eigenvalue weighted by Gasteiger charge is 2.52. The summed E-state index contributed by atoms with van der Waals surface area (Å²) in [5.41, 5.74) is 2.59. The van der Waals surface area contributed by atoms with Crippen molar-refractivity contribution >= 4 is 24.6 Å². The Hall–Kier alpha value is -2.82. The Morgan fingerprint density at radius 1 is 1.25 bits per heavy atom. The number of H-pyrrole nitrogens is 1. The zero-order chi connectivity index (χ0) is 22.9. The molecule has 32 heavy (non-hydrogen) atoms. The minimum atomic E-state index is -0.890. The third-order valence-electron chi connectivity index (χ3n) is 5.58. The first-order valence-corrected chi connectivity index (χ1v) is 10.7. The van der Waals surface area contributed by atoms with Crippen LogP contribution >= 0.6 is 12.6 Å². The van der Waals surface area contributed by atoms with Gasteiger partial charge >= 0.3 is 6.09 Å². The normalized spacial score (nSPS) is 19.2. The molecule has 2 aliphatic rings. The predicted octanol–water partition coefficient (Wildman–Crippen LogP) is 3.03. The zero-order valence-electron chi connectivity index (χ0n) is 18.2. The molecule has 170 valence electrons. The third-order valence-corrected chi connectivity index (χ3v) is 5.88. The van der Waals surface area contributed by atoms with E-state index in [9.17, 15) is 9.59 Å². The van der Waals surface area contributed by atoms with Crippen molar-refractivity contribution in [2.75, 3.05) is 26.9 Å². The number of methoxy groups -OCH3 is 1. The van der Waals surface area contributed by atoms with Crippen molar-refractivity contribution in [1.29, 1.82) is 0 Å². The van der Waals surface area contributed by atoms with Crippen LogP contribution in [0.1, 0.15) is 32.1 Å². The first-order chi connectivity index (χ1) is 15.3. The molecule has 1 aromatic heterocycles. The van der Waals surface area contributed by atoms with E-state index in [1.165, 1.54) is 7.11 Å². The molecule has 10 heteroatoms. The van der Waals surface area contributed by atoms with Crippen molar-refractivity contribution in [2.24, 2.45) is 0 Å². The van der Waals surface area contributed by atoms with Gasteiger partial charge in [-0.15, -0.1) is 12.6 Å². The van der Waals surface area contributed by atoms with Crippen LogP contribution < -0.4 is 5.32 Å². The van der Waals surface area contributed by atoms with Crippen molar-refractivity contribution < 1.29 is 23.8 Å². The molecule has 2 N–H and O–H groups in total. The summed E-state index contributed by atoms with van der Waals surface area (Å²) in [6.45, 7) is 4.65. The van der Waals surface area contributed by atoms with Gasteiger partial charge in [-0.1, -0.05) is 12.1 Å². The van der Waals surface area contributed by atoms with Crippen molar-refractivity contribution in [1.82, 2.24) is 20.2 Å². The third kappa shape index (κ3) is 4.38. The molecule has 2 fully saturated rings. The van der Waals surface area contributed by atoms with Crippen molar-refractivity contribution in [3.63, 3.8) is 0 Å². The minimum Gasteiger partial charge on any atom is -0.453 e. The van der Waals surface area contributed by atoms with Gasteiger partial charge in [0.2, 0.25) is 0 Å². The van der Waals surface area contributed by atoms with E-state index in [-0.39, 0.29) is 18.1 Å². The molecule has 2 saturated heterocycles. The predicted molar refractivity (Wildman–Crippen MR) is 119 cm³/mol. The van der Waals surface area contributed by atoms with Gasteiger partial charge in [0.05, 0.1) is 44.8 Å². The number of thiol groups is 1. The van der Waals surface area contributed by atoms with E-state index >= 15 is 0 Å². The van der Waals surface area contributed by atoms with E-state index in [0.717, 1.165) is 16.2 Å². The Morgan fingerprint density at radius 2 is 1.94 bits per heavy atom. The van der Waals surface area contributed by atoms with Gasteiger partial charge < -0.3 is 24.1 Å². The number of ether oxygens (including phenoxy) is 3. The van der Waals surface area contributed by atoms with Gasteiger partial charge in [-0.05, 0) is 37.1 Å². The second-order valence-corrected chi connectivity index (χ2v) is 8.50. The van der Waals surface area contributed by atoms with Gasteiger partial charge in [0.25, 0.3) is 5.91 Å². The van der Waals surface area contributed by atoms with Crippen molar-refractivity contribution in [3.05, 3.63) is 47.6 Å². The fourth-order valence-corrected chi connectivity index (χ4v) is 4.13. The number of hydrogen-bond acceptors (Lipinski definition) is 7. The van der Waals surface area contributed by atoms with Gasteiger partial charge in [-0.25, -0.2) is 9.78 Å². The summed E-state index contributed by atoms with van der Waals surface area (Å²) in [4.78, 5) is 35.7. The van der Waals surface area contributed by atoms with Crippen LogP contribution in [0.15, 0.2) is 46.6 Å². The average molecular weight is 459 g/mol. The lowest BCUT2D eigenvalue weighted by molar-refractivity contribution is -0.151.